The fourth-order valence-electron chi connectivity index (χ4n) is 5.95. The van der Waals surface area contributed by atoms with Crippen molar-refractivity contribution in [3.05, 3.63) is 28.3 Å². The number of carbonyl (C=O) groups is 1. The Morgan fingerprint density at radius 1 is 1.22 bits per heavy atom. The van der Waals surface area contributed by atoms with Crippen molar-refractivity contribution >= 4 is 17.3 Å². The smallest absolute Gasteiger partial charge is 0.273 e. The number of non-ortho nitro benzene ring substituents is 1. The highest BCUT2D eigenvalue weighted by Gasteiger charge is 2.51. The molecule has 1 aromatic rings. The molecule has 0 saturated heterocycles. The van der Waals surface area contributed by atoms with E-state index in [2.05, 4.69) is 10.6 Å². The Balaban J connectivity index is 1.43. The van der Waals surface area contributed by atoms with Crippen LogP contribution in [0.2, 0.25) is 0 Å². The number of rotatable bonds is 6. The molecule has 27 heavy (non-hydrogen) atoms. The van der Waals surface area contributed by atoms with E-state index in [1.165, 1.54) is 63.8 Å². The standard InChI is InChI=1S/C20H27N3O4/c1-12(22-20-9-13-5-14(10-20)7-15(6-13)11-20)19(24)21-17-4-3-16(23(25)26)8-18(17)27-2/h3-4,8,12-15,22H,5-7,9-11H2,1-2H3,(H,21,24)/t12-,13?,14?,15?,20?/m0/s1. The molecule has 0 unspecified atom stereocenters. The maximum atomic E-state index is 12.8. The number of nitrogens with zero attached hydrogens (tertiary/aromatic N) is 1. The Labute approximate surface area is 159 Å². The molecule has 0 aliphatic heterocycles. The number of nitrogens with one attached hydrogen (secondary N) is 2. The summed E-state index contributed by atoms with van der Waals surface area (Å²) in [6, 6.07) is 3.88. The van der Waals surface area contributed by atoms with Gasteiger partial charge in [0.1, 0.15) is 5.75 Å². The fraction of sp³-hybridized carbons (Fsp3) is 0.650. The predicted octanol–water partition coefficient (Wildman–Crippen LogP) is 3.49. The van der Waals surface area contributed by atoms with Crippen LogP contribution in [0.25, 0.3) is 0 Å². The van der Waals surface area contributed by atoms with Crippen molar-refractivity contribution in [1.29, 1.82) is 0 Å². The minimum absolute atomic E-state index is 0.0652. The molecule has 0 radical (unpaired) electrons. The molecule has 4 fully saturated rings. The van der Waals surface area contributed by atoms with E-state index >= 15 is 0 Å². The fourth-order valence-corrected chi connectivity index (χ4v) is 5.95. The van der Waals surface area contributed by atoms with Gasteiger partial charge in [-0.05, 0) is 69.3 Å². The van der Waals surface area contributed by atoms with E-state index in [0.29, 0.717) is 11.4 Å². The lowest BCUT2D eigenvalue weighted by molar-refractivity contribution is -0.384. The lowest BCUT2D eigenvalue weighted by Crippen LogP contribution is -2.62. The number of amides is 1. The summed E-state index contributed by atoms with van der Waals surface area (Å²) >= 11 is 0. The Bertz CT molecular complexity index is 728. The molecule has 1 amide bonds. The van der Waals surface area contributed by atoms with Gasteiger partial charge in [0.25, 0.3) is 5.69 Å². The first kappa shape index (κ1) is 18.2. The highest BCUT2D eigenvalue weighted by Crippen LogP contribution is 2.55. The highest BCUT2D eigenvalue weighted by atomic mass is 16.6. The van der Waals surface area contributed by atoms with E-state index in [-0.39, 0.29) is 23.2 Å². The van der Waals surface area contributed by atoms with E-state index in [4.69, 9.17) is 4.74 Å². The third-order valence-electron chi connectivity index (χ3n) is 6.61. The van der Waals surface area contributed by atoms with Gasteiger partial charge in [0, 0.05) is 11.6 Å². The van der Waals surface area contributed by atoms with Crippen LogP contribution in [0.1, 0.15) is 45.4 Å². The van der Waals surface area contributed by atoms with Gasteiger partial charge in [-0.3, -0.25) is 14.9 Å². The summed E-state index contributed by atoms with van der Waals surface area (Å²) < 4.78 is 5.21. The second-order valence-corrected chi connectivity index (χ2v) is 8.69. The van der Waals surface area contributed by atoms with Gasteiger partial charge in [0.15, 0.2) is 0 Å². The number of nitro benzene ring substituents is 1. The number of nitro groups is 1. The quantitative estimate of drug-likeness (QED) is 0.588. The average Bonchev–Trinajstić information content (AvgIpc) is 2.60. The summed E-state index contributed by atoms with van der Waals surface area (Å²) in [5.74, 6) is 2.59. The zero-order valence-electron chi connectivity index (χ0n) is 15.9. The second kappa shape index (κ2) is 6.78. The molecule has 5 rings (SSSR count). The van der Waals surface area contributed by atoms with Gasteiger partial charge in [0.2, 0.25) is 5.91 Å². The van der Waals surface area contributed by atoms with Crippen molar-refractivity contribution in [3.63, 3.8) is 0 Å². The van der Waals surface area contributed by atoms with Crippen LogP contribution in [0, 0.1) is 27.9 Å². The van der Waals surface area contributed by atoms with Crippen molar-refractivity contribution in [3.8, 4) is 5.75 Å². The minimum Gasteiger partial charge on any atom is -0.494 e. The number of ether oxygens (including phenoxy) is 1. The first-order valence-electron chi connectivity index (χ1n) is 9.78. The molecular weight excluding hydrogens is 346 g/mol. The molecular formula is C20H27N3O4. The van der Waals surface area contributed by atoms with Crippen molar-refractivity contribution in [2.24, 2.45) is 17.8 Å². The van der Waals surface area contributed by atoms with Gasteiger partial charge in [-0.15, -0.1) is 0 Å². The van der Waals surface area contributed by atoms with Gasteiger partial charge in [0.05, 0.1) is 29.8 Å². The van der Waals surface area contributed by atoms with Crippen molar-refractivity contribution in [1.82, 2.24) is 5.32 Å². The van der Waals surface area contributed by atoms with E-state index < -0.39 is 4.92 Å². The van der Waals surface area contributed by atoms with Gasteiger partial charge in [-0.1, -0.05) is 0 Å². The highest BCUT2D eigenvalue weighted by molar-refractivity contribution is 5.96. The molecule has 1 aromatic carbocycles. The molecule has 7 heteroatoms. The number of benzene rings is 1. The van der Waals surface area contributed by atoms with Crippen LogP contribution in [0.3, 0.4) is 0 Å². The summed E-state index contributed by atoms with van der Waals surface area (Å²) in [6.07, 6.45) is 7.62. The maximum Gasteiger partial charge on any atom is 0.273 e. The zero-order valence-corrected chi connectivity index (χ0v) is 15.9. The van der Waals surface area contributed by atoms with E-state index in [0.717, 1.165) is 17.8 Å². The van der Waals surface area contributed by atoms with Crippen LogP contribution >= 0.6 is 0 Å². The molecule has 2 N–H and O–H groups in total. The first-order chi connectivity index (χ1) is 12.9. The first-order valence-corrected chi connectivity index (χ1v) is 9.78. The number of hydrogen-bond donors (Lipinski definition) is 2. The molecule has 4 saturated carbocycles. The summed E-state index contributed by atoms with van der Waals surface area (Å²) in [6.45, 7) is 1.89. The van der Waals surface area contributed by atoms with Crippen molar-refractivity contribution in [2.75, 3.05) is 12.4 Å². The molecule has 7 nitrogen and oxygen atoms in total. The Kier molecular flexibility index (Phi) is 4.58. The topological polar surface area (TPSA) is 93.5 Å². The lowest BCUT2D eigenvalue weighted by atomic mass is 9.53. The summed E-state index contributed by atoms with van der Waals surface area (Å²) in [4.78, 5) is 23.2. The normalized spacial score (nSPS) is 32.1. The maximum absolute atomic E-state index is 12.8. The molecule has 4 aliphatic rings. The number of carbonyl (C=O) groups excluding carboxylic acids is 1. The summed E-state index contributed by atoms with van der Waals surface area (Å²) in [5.41, 5.74) is 0.488. The Morgan fingerprint density at radius 3 is 2.33 bits per heavy atom. The SMILES string of the molecule is COc1cc([N+](=O)[O-])ccc1NC(=O)[C@H](C)NC12CC3CC(CC(C3)C1)C2. The van der Waals surface area contributed by atoms with Crippen LogP contribution < -0.4 is 15.4 Å². The van der Waals surface area contributed by atoms with Gasteiger partial charge < -0.3 is 15.4 Å². The van der Waals surface area contributed by atoms with E-state index in [9.17, 15) is 14.9 Å². The van der Waals surface area contributed by atoms with Crippen molar-refractivity contribution in [2.45, 2.75) is 57.0 Å². The summed E-state index contributed by atoms with van der Waals surface area (Å²) in [7, 11) is 1.44. The average molecular weight is 373 g/mol. The number of methoxy groups -OCH3 is 1. The molecule has 4 bridgehead atoms. The lowest BCUT2D eigenvalue weighted by Gasteiger charge is -2.57. The van der Waals surface area contributed by atoms with Crippen LogP contribution in [-0.2, 0) is 4.79 Å². The Morgan fingerprint density at radius 2 is 1.81 bits per heavy atom. The van der Waals surface area contributed by atoms with Gasteiger partial charge in [-0.25, -0.2) is 0 Å². The monoisotopic (exact) mass is 373 g/mol. The van der Waals surface area contributed by atoms with Crippen LogP contribution in [0.4, 0.5) is 11.4 Å². The minimum atomic E-state index is -0.481. The summed E-state index contributed by atoms with van der Waals surface area (Å²) in [5, 5.41) is 17.4. The van der Waals surface area contributed by atoms with Gasteiger partial charge >= 0.3 is 0 Å². The molecule has 0 heterocycles. The van der Waals surface area contributed by atoms with E-state index in [1.807, 2.05) is 6.92 Å². The largest absolute Gasteiger partial charge is 0.494 e. The molecule has 4 aliphatic carbocycles. The molecule has 0 spiro atoms. The van der Waals surface area contributed by atoms with Gasteiger partial charge in [-0.2, -0.15) is 0 Å². The molecule has 146 valence electrons. The molecule has 1 atom stereocenters. The van der Waals surface area contributed by atoms with Crippen LogP contribution in [0.15, 0.2) is 18.2 Å². The zero-order chi connectivity index (χ0) is 19.2. The third kappa shape index (κ3) is 3.52. The van der Waals surface area contributed by atoms with Crippen molar-refractivity contribution < 1.29 is 14.5 Å². The number of anilines is 1. The van der Waals surface area contributed by atoms with Crippen LogP contribution in [-0.4, -0.2) is 29.5 Å². The predicted molar refractivity (Wildman–Crippen MR) is 102 cm³/mol. The molecule has 0 aromatic heterocycles. The second-order valence-electron chi connectivity index (χ2n) is 8.69. The van der Waals surface area contributed by atoms with E-state index in [1.54, 1.807) is 0 Å². The number of hydrogen-bond acceptors (Lipinski definition) is 5. The van der Waals surface area contributed by atoms with Crippen LogP contribution in [0.5, 0.6) is 5.75 Å². The third-order valence-corrected chi connectivity index (χ3v) is 6.61. The Hall–Kier alpha value is -2.15.